The van der Waals surface area contributed by atoms with Crippen LogP contribution in [0.25, 0.3) is 21.3 Å². The minimum atomic E-state index is -0.0725. The number of anilines is 2. The van der Waals surface area contributed by atoms with Gasteiger partial charge in [-0.1, -0.05) is 24.3 Å². The number of carbonyl (C=O) groups excluding carboxylic acids is 1. The van der Waals surface area contributed by atoms with Crippen molar-refractivity contribution in [1.82, 2.24) is 19.9 Å². The number of aromatic nitrogens is 3. The van der Waals surface area contributed by atoms with E-state index in [2.05, 4.69) is 64.4 Å². The number of carbonyl (C=O) groups is 1. The Morgan fingerprint density at radius 2 is 1.86 bits per heavy atom. The SMILES string of the molecule is Cc1ccc(CN(C)C(=O)c2cccnc2NCc2ccc(-c3ccc4ncnc(N)c4c3)s2)cc1C. The van der Waals surface area contributed by atoms with E-state index in [1.54, 1.807) is 28.5 Å². The second kappa shape index (κ2) is 10.4. The summed E-state index contributed by atoms with van der Waals surface area (Å²) in [6.07, 6.45) is 3.17. The number of nitrogen functional groups attached to an aromatic ring is 1. The van der Waals surface area contributed by atoms with E-state index < -0.39 is 0 Å². The molecule has 7 nitrogen and oxygen atoms in total. The van der Waals surface area contributed by atoms with Crippen molar-refractivity contribution in [2.45, 2.75) is 26.9 Å². The molecule has 0 unspecified atom stereocenters. The topological polar surface area (TPSA) is 97.0 Å². The Kier molecular flexibility index (Phi) is 6.83. The van der Waals surface area contributed by atoms with Crippen molar-refractivity contribution in [3.05, 3.63) is 100 Å². The van der Waals surface area contributed by atoms with Crippen LogP contribution in [0.1, 0.15) is 31.9 Å². The predicted molar refractivity (Wildman–Crippen MR) is 151 cm³/mol. The maximum atomic E-state index is 13.3. The smallest absolute Gasteiger partial charge is 0.257 e. The van der Waals surface area contributed by atoms with Crippen molar-refractivity contribution in [1.29, 1.82) is 0 Å². The molecule has 0 saturated carbocycles. The van der Waals surface area contributed by atoms with Crippen molar-refractivity contribution in [3.63, 3.8) is 0 Å². The van der Waals surface area contributed by atoms with E-state index in [9.17, 15) is 4.79 Å². The monoisotopic (exact) mass is 508 g/mol. The molecule has 0 aliphatic carbocycles. The Labute approximate surface area is 220 Å². The van der Waals surface area contributed by atoms with Gasteiger partial charge in [0.25, 0.3) is 5.91 Å². The summed E-state index contributed by atoms with van der Waals surface area (Å²) in [6.45, 7) is 5.26. The fourth-order valence-electron chi connectivity index (χ4n) is 4.20. The number of benzene rings is 2. The maximum Gasteiger partial charge on any atom is 0.257 e. The first-order valence-corrected chi connectivity index (χ1v) is 12.8. The van der Waals surface area contributed by atoms with Crippen LogP contribution in [0.15, 0.2) is 73.2 Å². The molecule has 5 rings (SSSR count). The van der Waals surface area contributed by atoms with Gasteiger partial charge < -0.3 is 16.0 Å². The number of nitrogens with zero attached hydrogens (tertiary/aromatic N) is 4. The van der Waals surface area contributed by atoms with Crippen LogP contribution in [-0.2, 0) is 13.1 Å². The summed E-state index contributed by atoms with van der Waals surface area (Å²) < 4.78 is 0. The number of hydrogen-bond donors (Lipinski definition) is 2. The first kappa shape index (κ1) is 24.4. The molecule has 0 saturated heterocycles. The van der Waals surface area contributed by atoms with Crippen molar-refractivity contribution in [2.75, 3.05) is 18.1 Å². The minimum Gasteiger partial charge on any atom is -0.383 e. The third-order valence-electron chi connectivity index (χ3n) is 6.42. The lowest BCUT2D eigenvalue weighted by molar-refractivity contribution is 0.0785. The molecule has 0 atom stereocenters. The molecule has 8 heteroatoms. The summed E-state index contributed by atoms with van der Waals surface area (Å²) in [5.41, 5.74) is 12.0. The van der Waals surface area contributed by atoms with E-state index in [-0.39, 0.29) is 5.91 Å². The van der Waals surface area contributed by atoms with Gasteiger partial charge in [0.15, 0.2) is 0 Å². The number of nitrogens with two attached hydrogens (primary N) is 1. The van der Waals surface area contributed by atoms with Crippen molar-refractivity contribution in [2.24, 2.45) is 0 Å². The maximum absolute atomic E-state index is 13.3. The van der Waals surface area contributed by atoms with E-state index in [0.29, 0.717) is 30.3 Å². The van der Waals surface area contributed by atoms with E-state index in [0.717, 1.165) is 31.8 Å². The van der Waals surface area contributed by atoms with Gasteiger partial charge >= 0.3 is 0 Å². The highest BCUT2D eigenvalue weighted by molar-refractivity contribution is 7.15. The number of nitrogens with one attached hydrogen (secondary N) is 1. The first-order valence-electron chi connectivity index (χ1n) is 12.0. The van der Waals surface area contributed by atoms with Crippen LogP contribution in [0.4, 0.5) is 11.6 Å². The molecule has 186 valence electrons. The van der Waals surface area contributed by atoms with Crippen molar-refractivity contribution in [3.8, 4) is 10.4 Å². The average Bonchev–Trinajstić information content (AvgIpc) is 3.38. The third kappa shape index (κ3) is 5.29. The molecule has 0 spiro atoms. The largest absolute Gasteiger partial charge is 0.383 e. The molecule has 3 N–H and O–H groups in total. The molecule has 0 aliphatic rings. The fraction of sp³-hybridized carbons (Fsp3) is 0.172. The second-order valence-electron chi connectivity index (χ2n) is 9.09. The average molecular weight is 509 g/mol. The predicted octanol–water partition coefficient (Wildman–Crippen LogP) is 5.84. The molecule has 3 heterocycles. The molecule has 5 aromatic rings. The molecule has 1 amide bonds. The highest BCUT2D eigenvalue weighted by Crippen LogP contribution is 2.31. The molecule has 0 bridgehead atoms. The first-order chi connectivity index (χ1) is 17.9. The molecular formula is C29H28N6OS. The van der Waals surface area contributed by atoms with Crippen LogP contribution in [0.2, 0.25) is 0 Å². The number of aryl methyl sites for hydroxylation is 2. The van der Waals surface area contributed by atoms with Gasteiger partial charge in [-0.25, -0.2) is 15.0 Å². The third-order valence-corrected chi connectivity index (χ3v) is 7.55. The summed E-state index contributed by atoms with van der Waals surface area (Å²) in [4.78, 5) is 30.1. The Bertz CT molecular complexity index is 1590. The standard InChI is InChI=1S/C29H28N6OS/c1-18-6-7-20(13-19(18)2)16-35(3)29(36)23-5-4-12-31-28(23)32-15-22-9-11-26(37-22)21-8-10-25-24(14-21)27(30)34-17-33-25/h4-14,17H,15-16H2,1-3H3,(H,31,32)(H2,30,33,34). The van der Waals surface area contributed by atoms with E-state index in [1.807, 2.05) is 31.3 Å². The number of hydrogen-bond acceptors (Lipinski definition) is 7. The van der Waals surface area contributed by atoms with Crippen LogP contribution < -0.4 is 11.1 Å². The molecule has 2 aromatic carbocycles. The molecule has 0 fully saturated rings. The molecule has 3 aromatic heterocycles. The quantitative estimate of drug-likeness (QED) is 0.287. The van der Waals surface area contributed by atoms with Gasteiger partial charge in [0.05, 0.1) is 17.6 Å². The Morgan fingerprint density at radius 3 is 2.70 bits per heavy atom. The number of thiophene rings is 1. The Balaban J connectivity index is 1.29. The van der Waals surface area contributed by atoms with Gasteiger partial charge in [0.2, 0.25) is 0 Å². The normalized spacial score (nSPS) is 11.0. The van der Waals surface area contributed by atoms with Crippen LogP contribution in [0.5, 0.6) is 0 Å². The molecule has 37 heavy (non-hydrogen) atoms. The summed E-state index contributed by atoms with van der Waals surface area (Å²) in [5.74, 6) is 0.974. The molecular weight excluding hydrogens is 480 g/mol. The fourth-order valence-corrected chi connectivity index (χ4v) is 5.14. The van der Waals surface area contributed by atoms with E-state index in [4.69, 9.17) is 5.73 Å². The number of pyridine rings is 1. The molecule has 0 radical (unpaired) electrons. The van der Waals surface area contributed by atoms with Crippen molar-refractivity contribution < 1.29 is 4.79 Å². The van der Waals surface area contributed by atoms with E-state index >= 15 is 0 Å². The van der Waals surface area contributed by atoms with Gasteiger partial charge in [0.1, 0.15) is 18.0 Å². The summed E-state index contributed by atoms with van der Waals surface area (Å²) in [7, 11) is 1.82. The highest BCUT2D eigenvalue weighted by Gasteiger charge is 2.17. The van der Waals surface area contributed by atoms with Crippen LogP contribution in [0.3, 0.4) is 0 Å². The van der Waals surface area contributed by atoms with Gasteiger partial charge in [-0.2, -0.15) is 0 Å². The van der Waals surface area contributed by atoms with Gasteiger partial charge in [-0.15, -0.1) is 11.3 Å². The summed E-state index contributed by atoms with van der Waals surface area (Å²) in [6, 6.07) is 20.1. The number of rotatable bonds is 7. The number of amides is 1. The van der Waals surface area contributed by atoms with Gasteiger partial charge in [-0.05, 0) is 72.5 Å². The zero-order valence-electron chi connectivity index (χ0n) is 21.0. The van der Waals surface area contributed by atoms with E-state index in [1.165, 1.54) is 17.5 Å². The van der Waals surface area contributed by atoms with Crippen LogP contribution >= 0.6 is 11.3 Å². The Hall–Kier alpha value is -4.30. The zero-order chi connectivity index (χ0) is 25.9. The summed E-state index contributed by atoms with van der Waals surface area (Å²) >= 11 is 1.68. The number of fused-ring (bicyclic) bond motifs is 1. The van der Waals surface area contributed by atoms with Crippen molar-refractivity contribution >= 4 is 39.8 Å². The lowest BCUT2D eigenvalue weighted by Crippen LogP contribution is -2.27. The Morgan fingerprint density at radius 1 is 1.00 bits per heavy atom. The molecule has 0 aliphatic heterocycles. The minimum absolute atomic E-state index is 0.0725. The van der Waals surface area contributed by atoms with Crippen LogP contribution in [0, 0.1) is 13.8 Å². The lowest BCUT2D eigenvalue weighted by atomic mass is 10.1. The highest BCUT2D eigenvalue weighted by atomic mass is 32.1. The second-order valence-corrected chi connectivity index (χ2v) is 10.3. The van der Waals surface area contributed by atoms with Gasteiger partial charge in [-0.3, -0.25) is 4.79 Å². The lowest BCUT2D eigenvalue weighted by Gasteiger charge is -2.19. The van der Waals surface area contributed by atoms with Crippen LogP contribution in [-0.4, -0.2) is 32.8 Å². The zero-order valence-corrected chi connectivity index (χ0v) is 21.8. The summed E-state index contributed by atoms with van der Waals surface area (Å²) in [5, 5.41) is 4.20. The van der Waals surface area contributed by atoms with Gasteiger partial charge in [0, 0.05) is 34.9 Å².